The Morgan fingerprint density at radius 3 is 2.50 bits per heavy atom. The average Bonchev–Trinajstić information content (AvgIpc) is 2.70. The van der Waals surface area contributed by atoms with Crippen molar-refractivity contribution in [3.63, 3.8) is 0 Å². The number of hydrogen-bond donors (Lipinski definition) is 4. The van der Waals surface area contributed by atoms with Crippen molar-refractivity contribution in [2.24, 2.45) is 5.73 Å². The maximum Gasteiger partial charge on any atom is 0.242 e. The van der Waals surface area contributed by atoms with Crippen LogP contribution in [0.15, 0.2) is 53.8 Å². The summed E-state index contributed by atoms with van der Waals surface area (Å²) in [6.07, 6.45) is 5.54. The van der Waals surface area contributed by atoms with E-state index in [0.29, 0.717) is 25.8 Å². The fraction of sp³-hybridized carbons (Fsp3) is 0.455. The Balaban J connectivity index is 2.03. The maximum atomic E-state index is 12.9. The highest BCUT2D eigenvalue weighted by Crippen LogP contribution is 2.14. The van der Waals surface area contributed by atoms with Gasteiger partial charge in [0, 0.05) is 37.2 Å². The standard InChI is InChI=1S/C22H32N4O2/c1-4-21(27)26-20(13-18-11-10-15(2)16(3)24-18)22(28)25-19(14-23)12-17-8-6-5-7-9-17/h5-11,18-20,24H,4,12-14,23H2,1-3H3,(H,25,28)(H,26,27)/t18?,19?,20-/m0/s1. The molecule has 0 saturated heterocycles. The minimum absolute atomic E-state index is 0.0120. The molecule has 6 heteroatoms. The van der Waals surface area contributed by atoms with E-state index in [9.17, 15) is 9.59 Å². The first-order valence-corrected chi connectivity index (χ1v) is 9.88. The van der Waals surface area contributed by atoms with E-state index < -0.39 is 6.04 Å². The second-order valence-corrected chi connectivity index (χ2v) is 7.26. The fourth-order valence-corrected chi connectivity index (χ4v) is 3.14. The minimum Gasteiger partial charge on any atom is -0.382 e. The SMILES string of the molecule is CCC(=O)N[C@@H](CC1C=CC(C)=C(C)N1)C(=O)NC(CN)Cc1ccccc1. The van der Waals surface area contributed by atoms with E-state index in [1.165, 1.54) is 5.57 Å². The third-order valence-electron chi connectivity index (χ3n) is 4.99. The monoisotopic (exact) mass is 384 g/mol. The number of benzene rings is 1. The smallest absolute Gasteiger partial charge is 0.242 e. The third kappa shape index (κ3) is 6.53. The normalized spacial score (nSPS) is 18.2. The van der Waals surface area contributed by atoms with Gasteiger partial charge in [0.2, 0.25) is 11.8 Å². The number of nitrogens with one attached hydrogen (secondary N) is 3. The van der Waals surface area contributed by atoms with Gasteiger partial charge in [-0.1, -0.05) is 49.4 Å². The first kappa shape index (κ1) is 21.7. The highest BCUT2D eigenvalue weighted by molar-refractivity contribution is 5.87. The van der Waals surface area contributed by atoms with E-state index in [0.717, 1.165) is 11.3 Å². The molecular formula is C22H32N4O2. The van der Waals surface area contributed by atoms with E-state index in [1.54, 1.807) is 6.92 Å². The van der Waals surface area contributed by atoms with Gasteiger partial charge in [-0.05, 0) is 31.4 Å². The van der Waals surface area contributed by atoms with Crippen molar-refractivity contribution in [1.29, 1.82) is 0 Å². The van der Waals surface area contributed by atoms with Crippen molar-refractivity contribution in [1.82, 2.24) is 16.0 Å². The molecule has 1 aliphatic heterocycles. The number of rotatable bonds is 9. The topological polar surface area (TPSA) is 96.2 Å². The number of hydrogen-bond acceptors (Lipinski definition) is 4. The molecule has 6 nitrogen and oxygen atoms in total. The van der Waals surface area contributed by atoms with Gasteiger partial charge in [-0.25, -0.2) is 0 Å². The number of allylic oxidation sites excluding steroid dienone is 3. The molecule has 0 aliphatic carbocycles. The summed E-state index contributed by atoms with van der Waals surface area (Å²) in [6.45, 7) is 6.15. The lowest BCUT2D eigenvalue weighted by Crippen LogP contribution is -2.53. The summed E-state index contributed by atoms with van der Waals surface area (Å²) in [5.74, 6) is -0.344. The van der Waals surface area contributed by atoms with Gasteiger partial charge in [0.05, 0.1) is 0 Å². The van der Waals surface area contributed by atoms with Gasteiger partial charge in [-0.2, -0.15) is 0 Å². The molecule has 0 saturated carbocycles. The molecule has 0 spiro atoms. The summed E-state index contributed by atoms with van der Waals surface area (Å²) in [5.41, 5.74) is 9.24. The molecule has 0 fully saturated rings. The summed E-state index contributed by atoms with van der Waals surface area (Å²) >= 11 is 0. The van der Waals surface area contributed by atoms with Crippen molar-refractivity contribution in [2.45, 2.75) is 58.2 Å². The Hall–Kier alpha value is -2.60. The van der Waals surface area contributed by atoms with E-state index in [2.05, 4.69) is 16.0 Å². The van der Waals surface area contributed by atoms with Crippen molar-refractivity contribution in [2.75, 3.05) is 6.54 Å². The van der Waals surface area contributed by atoms with Crippen LogP contribution in [0.25, 0.3) is 0 Å². The van der Waals surface area contributed by atoms with Crippen molar-refractivity contribution in [3.05, 3.63) is 59.3 Å². The Kier molecular flexibility index (Phi) is 8.26. The van der Waals surface area contributed by atoms with Gasteiger partial charge in [0.1, 0.15) is 6.04 Å². The van der Waals surface area contributed by atoms with Crippen LogP contribution in [0.2, 0.25) is 0 Å². The molecule has 3 atom stereocenters. The largest absolute Gasteiger partial charge is 0.382 e. The van der Waals surface area contributed by atoms with Crippen molar-refractivity contribution in [3.8, 4) is 0 Å². The molecule has 2 rings (SSSR count). The van der Waals surface area contributed by atoms with Crippen LogP contribution in [0.4, 0.5) is 0 Å². The molecule has 0 radical (unpaired) electrons. The fourth-order valence-electron chi connectivity index (χ4n) is 3.14. The molecule has 152 valence electrons. The van der Waals surface area contributed by atoms with Crippen molar-refractivity contribution >= 4 is 11.8 Å². The second-order valence-electron chi connectivity index (χ2n) is 7.26. The van der Waals surface area contributed by atoms with E-state index in [-0.39, 0.29) is 23.9 Å². The first-order chi connectivity index (χ1) is 13.4. The molecule has 0 bridgehead atoms. The Morgan fingerprint density at radius 2 is 1.89 bits per heavy atom. The zero-order valence-electron chi connectivity index (χ0n) is 17.0. The van der Waals surface area contributed by atoms with Crippen LogP contribution in [0.1, 0.15) is 39.2 Å². The molecule has 28 heavy (non-hydrogen) atoms. The molecule has 0 aromatic heterocycles. The molecule has 1 aromatic rings. The number of carbonyl (C=O) groups excluding carboxylic acids is 2. The summed E-state index contributed by atoms with van der Waals surface area (Å²) in [4.78, 5) is 24.9. The molecule has 1 heterocycles. The van der Waals surface area contributed by atoms with Crippen LogP contribution in [0.3, 0.4) is 0 Å². The maximum absolute atomic E-state index is 12.9. The summed E-state index contributed by atoms with van der Waals surface area (Å²) in [6, 6.07) is 9.10. The average molecular weight is 385 g/mol. The molecule has 1 aromatic carbocycles. The van der Waals surface area contributed by atoms with Crippen molar-refractivity contribution < 1.29 is 9.59 Å². The molecule has 5 N–H and O–H groups in total. The zero-order chi connectivity index (χ0) is 20.5. The van der Waals surface area contributed by atoms with E-state index in [4.69, 9.17) is 5.73 Å². The highest BCUT2D eigenvalue weighted by Gasteiger charge is 2.26. The second kappa shape index (κ2) is 10.7. The Bertz CT molecular complexity index is 727. The number of amides is 2. The van der Waals surface area contributed by atoms with E-state index in [1.807, 2.05) is 56.3 Å². The Labute approximate surface area is 167 Å². The Morgan fingerprint density at radius 1 is 1.18 bits per heavy atom. The minimum atomic E-state index is -0.620. The predicted molar refractivity (Wildman–Crippen MR) is 112 cm³/mol. The lowest BCUT2D eigenvalue weighted by molar-refractivity contribution is -0.129. The summed E-state index contributed by atoms with van der Waals surface area (Å²) < 4.78 is 0. The quantitative estimate of drug-likeness (QED) is 0.522. The van der Waals surface area contributed by atoms with Crippen LogP contribution in [0.5, 0.6) is 0 Å². The predicted octanol–water partition coefficient (Wildman–Crippen LogP) is 1.78. The van der Waals surface area contributed by atoms with Crippen LogP contribution < -0.4 is 21.7 Å². The van der Waals surface area contributed by atoms with Crippen LogP contribution in [0, 0.1) is 0 Å². The van der Waals surface area contributed by atoms with E-state index >= 15 is 0 Å². The third-order valence-corrected chi connectivity index (χ3v) is 4.99. The van der Waals surface area contributed by atoms with Crippen LogP contribution >= 0.6 is 0 Å². The van der Waals surface area contributed by atoms with Gasteiger partial charge in [0.15, 0.2) is 0 Å². The lowest BCUT2D eigenvalue weighted by Gasteiger charge is -2.28. The lowest BCUT2D eigenvalue weighted by atomic mass is 10.00. The van der Waals surface area contributed by atoms with Gasteiger partial charge < -0.3 is 21.7 Å². The molecule has 1 aliphatic rings. The number of carbonyl (C=O) groups is 2. The van der Waals surface area contributed by atoms with Gasteiger partial charge >= 0.3 is 0 Å². The molecule has 2 unspecified atom stereocenters. The number of nitrogens with two attached hydrogens (primary N) is 1. The van der Waals surface area contributed by atoms with Crippen LogP contribution in [-0.4, -0.2) is 36.5 Å². The molecule has 2 amide bonds. The molecular weight excluding hydrogens is 352 g/mol. The number of dihydropyridines is 1. The first-order valence-electron chi connectivity index (χ1n) is 9.88. The highest BCUT2D eigenvalue weighted by atomic mass is 16.2. The zero-order valence-corrected chi connectivity index (χ0v) is 17.0. The summed E-state index contributed by atoms with van der Waals surface area (Å²) in [7, 11) is 0. The van der Waals surface area contributed by atoms with Gasteiger partial charge in [-0.3, -0.25) is 9.59 Å². The van der Waals surface area contributed by atoms with Crippen LogP contribution in [-0.2, 0) is 16.0 Å². The van der Waals surface area contributed by atoms with Gasteiger partial charge in [-0.15, -0.1) is 0 Å². The van der Waals surface area contributed by atoms with Gasteiger partial charge in [0.25, 0.3) is 0 Å². The summed E-state index contributed by atoms with van der Waals surface area (Å²) in [5, 5.41) is 9.25.